The lowest BCUT2D eigenvalue weighted by Gasteiger charge is -2.08. The average Bonchev–Trinajstić information content (AvgIpc) is 2.56. The molecule has 1 aliphatic heterocycles. The molecule has 78 valence electrons. The van der Waals surface area contributed by atoms with Crippen molar-refractivity contribution in [3.63, 3.8) is 0 Å². The maximum atomic E-state index is 11.3. The van der Waals surface area contributed by atoms with E-state index in [1.807, 2.05) is 30.3 Å². The van der Waals surface area contributed by atoms with Gasteiger partial charge in [-0.05, 0) is 12.1 Å². The molecule has 2 rings (SSSR count). The number of para-hydroxylation sites is 1. The molecule has 5 heteroatoms. The predicted molar refractivity (Wildman–Crippen MR) is 67.1 cm³/mol. The van der Waals surface area contributed by atoms with Gasteiger partial charge < -0.3 is 10.6 Å². The van der Waals surface area contributed by atoms with Gasteiger partial charge in [-0.2, -0.15) is 0 Å². The highest BCUT2D eigenvalue weighted by Crippen LogP contribution is 2.19. The third-order valence-corrected chi connectivity index (χ3v) is 3.40. The number of thiocarbonyl (C=S) groups is 1. The Morgan fingerprint density at radius 3 is 2.73 bits per heavy atom. The number of carbonyl (C=O) groups is 1. The van der Waals surface area contributed by atoms with Crippen LogP contribution in [0.15, 0.2) is 30.3 Å². The van der Waals surface area contributed by atoms with Gasteiger partial charge in [0.05, 0.1) is 0 Å². The molecular weight excluding hydrogens is 228 g/mol. The minimum atomic E-state index is -0.113. The van der Waals surface area contributed by atoms with Crippen LogP contribution in [-0.4, -0.2) is 22.0 Å². The molecule has 15 heavy (non-hydrogen) atoms. The fourth-order valence-electron chi connectivity index (χ4n) is 1.29. The van der Waals surface area contributed by atoms with Gasteiger partial charge in [-0.25, -0.2) is 0 Å². The van der Waals surface area contributed by atoms with E-state index in [0.29, 0.717) is 10.9 Å². The van der Waals surface area contributed by atoms with Crippen LogP contribution in [0.1, 0.15) is 0 Å². The summed E-state index contributed by atoms with van der Waals surface area (Å²) in [5, 5.41) is 5.70. The first-order valence-corrected chi connectivity index (χ1v) is 5.85. The van der Waals surface area contributed by atoms with Crippen molar-refractivity contribution in [3.8, 4) is 0 Å². The summed E-state index contributed by atoms with van der Waals surface area (Å²) in [6.45, 7) is 0.598. The summed E-state index contributed by atoms with van der Waals surface area (Å²) < 4.78 is 0.569. The number of amides is 1. The standard InChI is InChI=1S/C10H10N2OS2/c13-9-8(15-10(14)12-9)6-11-7-4-2-1-3-5-7/h1-5,8,11H,6H2,(H,12,13,14)/t8-/m1/s1. The first-order valence-electron chi connectivity index (χ1n) is 4.56. The van der Waals surface area contributed by atoms with Crippen molar-refractivity contribution < 1.29 is 4.79 Å². The maximum absolute atomic E-state index is 11.3. The van der Waals surface area contributed by atoms with E-state index in [-0.39, 0.29) is 11.2 Å². The third kappa shape index (κ3) is 2.70. The second-order valence-electron chi connectivity index (χ2n) is 3.13. The van der Waals surface area contributed by atoms with Crippen molar-refractivity contribution in [2.24, 2.45) is 0 Å². The third-order valence-electron chi connectivity index (χ3n) is 2.03. The molecule has 0 radical (unpaired) electrons. The molecule has 0 unspecified atom stereocenters. The summed E-state index contributed by atoms with van der Waals surface area (Å²) in [5.74, 6) is -0.00608. The number of nitrogens with one attached hydrogen (secondary N) is 2. The SMILES string of the molecule is O=C1NC(=S)S[C@@H]1CNc1ccccc1. The van der Waals surface area contributed by atoms with Gasteiger partial charge in [-0.1, -0.05) is 42.2 Å². The van der Waals surface area contributed by atoms with Gasteiger partial charge >= 0.3 is 0 Å². The van der Waals surface area contributed by atoms with E-state index in [2.05, 4.69) is 10.6 Å². The second kappa shape index (κ2) is 4.63. The van der Waals surface area contributed by atoms with Crippen molar-refractivity contribution in [2.45, 2.75) is 5.25 Å². The van der Waals surface area contributed by atoms with Crippen molar-refractivity contribution in [1.29, 1.82) is 0 Å². The highest BCUT2D eigenvalue weighted by molar-refractivity contribution is 8.24. The van der Waals surface area contributed by atoms with Gasteiger partial charge in [-0.15, -0.1) is 0 Å². The van der Waals surface area contributed by atoms with Gasteiger partial charge in [0.2, 0.25) is 5.91 Å². The summed E-state index contributed by atoms with van der Waals surface area (Å²) in [6.07, 6.45) is 0. The Kier molecular flexibility index (Phi) is 3.23. The zero-order chi connectivity index (χ0) is 10.7. The quantitative estimate of drug-likeness (QED) is 0.785. The Morgan fingerprint density at radius 2 is 2.13 bits per heavy atom. The lowest BCUT2D eigenvalue weighted by molar-refractivity contribution is -0.118. The monoisotopic (exact) mass is 238 g/mol. The molecule has 1 atom stereocenters. The summed E-state index contributed by atoms with van der Waals surface area (Å²) in [5.41, 5.74) is 1.02. The number of carbonyl (C=O) groups excluding carboxylic acids is 1. The first kappa shape index (κ1) is 10.4. The number of anilines is 1. The van der Waals surface area contributed by atoms with Crippen LogP contribution in [0.4, 0.5) is 5.69 Å². The van der Waals surface area contributed by atoms with Crippen molar-refractivity contribution >= 4 is 39.9 Å². The number of hydrogen-bond acceptors (Lipinski definition) is 4. The molecule has 1 aliphatic rings. The summed E-state index contributed by atoms with van der Waals surface area (Å²) in [6, 6.07) is 9.80. The van der Waals surface area contributed by atoms with E-state index >= 15 is 0 Å². The van der Waals surface area contributed by atoms with Crippen LogP contribution >= 0.6 is 24.0 Å². The topological polar surface area (TPSA) is 41.1 Å². The summed E-state index contributed by atoms with van der Waals surface area (Å²) in [7, 11) is 0. The zero-order valence-electron chi connectivity index (χ0n) is 7.90. The smallest absolute Gasteiger partial charge is 0.240 e. The van der Waals surface area contributed by atoms with Crippen LogP contribution in [0.5, 0.6) is 0 Å². The molecule has 0 bridgehead atoms. The lowest BCUT2D eigenvalue weighted by atomic mass is 10.3. The molecule has 2 N–H and O–H groups in total. The average molecular weight is 238 g/mol. The first-order chi connectivity index (χ1) is 7.25. The largest absolute Gasteiger partial charge is 0.383 e. The number of thioether (sulfide) groups is 1. The molecular formula is C10H10N2OS2. The van der Waals surface area contributed by atoms with Crippen LogP contribution in [0.3, 0.4) is 0 Å². The molecule has 1 fully saturated rings. The second-order valence-corrected chi connectivity index (χ2v) is 5.01. The van der Waals surface area contributed by atoms with Gasteiger partial charge in [0.15, 0.2) is 0 Å². The van der Waals surface area contributed by atoms with Crippen LogP contribution in [0.2, 0.25) is 0 Å². The molecule has 3 nitrogen and oxygen atoms in total. The Balaban J connectivity index is 1.89. The zero-order valence-corrected chi connectivity index (χ0v) is 9.53. The van der Waals surface area contributed by atoms with Crippen molar-refractivity contribution in [2.75, 3.05) is 11.9 Å². The van der Waals surface area contributed by atoms with E-state index in [0.717, 1.165) is 5.69 Å². The van der Waals surface area contributed by atoms with Crippen LogP contribution in [0, 0.1) is 0 Å². The minimum absolute atomic E-state index is 0.00608. The van der Waals surface area contributed by atoms with E-state index in [1.54, 1.807) is 0 Å². The van der Waals surface area contributed by atoms with Crippen molar-refractivity contribution in [1.82, 2.24) is 5.32 Å². The Hall–Kier alpha value is -1.07. The molecule has 1 heterocycles. The molecule has 1 amide bonds. The Labute approximate surface area is 97.6 Å². The van der Waals surface area contributed by atoms with Gasteiger partial charge in [0.25, 0.3) is 0 Å². The maximum Gasteiger partial charge on any atom is 0.240 e. The number of rotatable bonds is 3. The Bertz CT molecular complexity index is 380. The highest BCUT2D eigenvalue weighted by atomic mass is 32.2. The fourth-order valence-corrected chi connectivity index (χ4v) is 2.49. The van der Waals surface area contributed by atoms with E-state index in [1.165, 1.54) is 11.8 Å². The molecule has 0 aliphatic carbocycles. The molecule has 0 spiro atoms. The van der Waals surface area contributed by atoms with E-state index in [4.69, 9.17) is 12.2 Å². The van der Waals surface area contributed by atoms with Gasteiger partial charge in [0, 0.05) is 12.2 Å². The fraction of sp³-hybridized carbons (Fsp3) is 0.200. The highest BCUT2D eigenvalue weighted by Gasteiger charge is 2.28. The molecule has 1 aromatic carbocycles. The molecule has 0 saturated carbocycles. The molecule has 0 aromatic heterocycles. The van der Waals surface area contributed by atoms with Gasteiger partial charge in [0.1, 0.15) is 9.57 Å². The van der Waals surface area contributed by atoms with Crippen LogP contribution < -0.4 is 10.6 Å². The number of benzene rings is 1. The van der Waals surface area contributed by atoms with Gasteiger partial charge in [-0.3, -0.25) is 4.79 Å². The summed E-state index contributed by atoms with van der Waals surface area (Å²) >= 11 is 6.31. The van der Waals surface area contributed by atoms with E-state index < -0.39 is 0 Å². The van der Waals surface area contributed by atoms with Crippen LogP contribution in [0.25, 0.3) is 0 Å². The van der Waals surface area contributed by atoms with Crippen molar-refractivity contribution in [3.05, 3.63) is 30.3 Å². The van der Waals surface area contributed by atoms with Crippen LogP contribution in [-0.2, 0) is 4.79 Å². The lowest BCUT2D eigenvalue weighted by Crippen LogP contribution is -2.28. The normalized spacial score (nSPS) is 20.1. The number of hydrogen-bond donors (Lipinski definition) is 2. The predicted octanol–water partition coefficient (Wildman–Crippen LogP) is 1.61. The summed E-state index contributed by atoms with van der Waals surface area (Å²) in [4.78, 5) is 11.3. The molecule has 1 aromatic rings. The molecule has 1 saturated heterocycles. The van der Waals surface area contributed by atoms with E-state index in [9.17, 15) is 4.79 Å². The Morgan fingerprint density at radius 1 is 1.40 bits per heavy atom. The minimum Gasteiger partial charge on any atom is -0.383 e.